The largest absolute Gasteiger partial charge is 0.399 e. The summed E-state index contributed by atoms with van der Waals surface area (Å²) in [5.74, 6) is 0.0276. The molecule has 0 bridgehead atoms. The molecule has 5 heteroatoms. The molecule has 5 nitrogen and oxygen atoms in total. The predicted octanol–water partition coefficient (Wildman–Crippen LogP) is 1.19. The molecule has 1 atom stereocenters. The first-order valence-corrected chi connectivity index (χ1v) is 7.44. The Hall–Kier alpha value is -2.04. The number of nitrogens with zero attached hydrogens (tertiary/aromatic N) is 1. The lowest BCUT2D eigenvalue weighted by atomic mass is 9.97. The summed E-state index contributed by atoms with van der Waals surface area (Å²) in [4.78, 5) is 25.3. The van der Waals surface area contributed by atoms with E-state index in [1.165, 1.54) is 0 Å². The van der Waals surface area contributed by atoms with Crippen molar-refractivity contribution in [2.45, 2.75) is 26.2 Å². The van der Waals surface area contributed by atoms with Crippen molar-refractivity contribution < 1.29 is 9.59 Å². The van der Waals surface area contributed by atoms with Gasteiger partial charge in [0.2, 0.25) is 11.8 Å². The highest BCUT2D eigenvalue weighted by Crippen LogP contribution is 2.16. The van der Waals surface area contributed by atoms with E-state index in [0.717, 1.165) is 37.1 Å². The summed E-state index contributed by atoms with van der Waals surface area (Å²) >= 11 is 0. The molecule has 1 heterocycles. The van der Waals surface area contributed by atoms with Gasteiger partial charge in [-0.3, -0.25) is 9.59 Å². The number of carbonyl (C=O) groups is 2. The lowest BCUT2D eigenvalue weighted by molar-refractivity contribution is -0.133. The van der Waals surface area contributed by atoms with Gasteiger partial charge in [-0.05, 0) is 37.0 Å². The van der Waals surface area contributed by atoms with Crippen LogP contribution in [0.1, 0.15) is 25.3 Å². The Kier molecular flexibility index (Phi) is 5.20. The normalized spacial score (nSPS) is 18.3. The van der Waals surface area contributed by atoms with Crippen LogP contribution >= 0.6 is 0 Å². The van der Waals surface area contributed by atoms with E-state index in [9.17, 15) is 9.59 Å². The van der Waals surface area contributed by atoms with E-state index in [2.05, 4.69) is 5.32 Å². The number of benzene rings is 1. The number of hydrogen-bond donors (Lipinski definition) is 2. The second kappa shape index (κ2) is 7.11. The maximum Gasteiger partial charge on any atom is 0.224 e. The van der Waals surface area contributed by atoms with Crippen molar-refractivity contribution in [1.29, 1.82) is 0 Å². The molecule has 114 valence electrons. The minimum absolute atomic E-state index is 0.0503. The molecular weight excluding hydrogens is 266 g/mol. The lowest BCUT2D eigenvalue weighted by Gasteiger charge is -2.31. The summed E-state index contributed by atoms with van der Waals surface area (Å²) in [5.41, 5.74) is 7.53. The van der Waals surface area contributed by atoms with Gasteiger partial charge in [-0.1, -0.05) is 12.1 Å². The fourth-order valence-electron chi connectivity index (χ4n) is 2.64. The first-order chi connectivity index (χ1) is 10.1. The van der Waals surface area contributed by atoms with E-state index in [-0.39, 0.29) is 17.7 Å². The van der Waals surface area contributed by atoms with Crippen molar-refractivity contribution in [3.63, 3.8) is 0 Å². The topological polar surface area (TPSA) is 75.4 Å². The van der Waals surface area contributed by atoms with Crippen molar-refractivity contribution in [3.8, 4) is 0 Å². The zero-order valence-corrected chi connectivity index (χ0v) is 12.5. The summed E-state index contributed by atoms with van der Waals surface area (Å²) in [5, 5.41) is 2.97. The first-order valence-electron chi connectivity index (χ1n) is 7.44. The summed E-state index contributed by atoms with van der Waals surface area (Å²) < 4.78 is 0. The van der Waals surface area contributed by atoms with Gasteiger partial charge in [0.15, 0.2) is 0 Å². The van der Waals surface area contributed by atoms with Gasteiger partial charge >= 0.3 is 0 Å². The predicted molar refractivity (Wildman–Crippen MR) is 82.5 cm³/mol. The van der Waals surface area contributed by atoms with Crippen LogP contribution in [0, 0.1) is 5.92 Å². The van der Waals surface area contributed by atoms with Crippen LogP contribution in [0.5, 0.6) is 0 Å². The number of piperidine rings is 1. The molecule has 1 aromatic carbocycles. The number of anilines is 1. The summed E-state index contributed by atoms with van der Waals surface area (Å²) in [7, 11) is 0. The van der Waals surface area contributed by atoms with Crippen LogP contribution in [0.3, 0.4) is 0 Å². The first kappa shape index (κ1) is 15.4. The number of nitrogens with one attached hydrogen (secondary N) is 1. The highest BCUT2D eigenvalue weighted by atomic mass is 16.2. The smallest absolute Gasteiger partial charge is 0.224 e. The van der Waals surface area contributed by atoms with Crippen molar-refractivity contribution in [1.82, 2.24) is 10.2 Å². The Bertz CT molecular complexity index is 499. The number of likely N-dealkylation sites (tertiary alicyclic amines) is 1. The second-order valence-corrected chi connectivity index (χ2v) is 5.59. The zero-order chi connectivity index (χ0) is 15.2. The second-order valence-electron chi connectivity index (χ2n) is 5.59. The average Bonchev–Trinajstić information content (AvgIpc) is 2.49. The van der Waals surface area contributed by atoms with Crippen LogP contribution < -0.4 is 11.1 Å². The van der Waals surface area contributed by atoms with Gasteiger partial charge in [0, 0.05) is 32.2 Å². The molecule has 0 aromatic heterocycles. The maximum atomic E-state index is 12.1. The number of hydrogen-bond acceptors (Lipinski definition) is 3. The van der Waals surface area contributed by atoms with Crippen LogP contribution in [0.15, 0.2) is 24.3 Å². The van der Waals surface area contributed by atoms with E-state index in [0.29, 0.717) is 13.1 Å². The Balaban J connectivity index is 1.76. The van der Waals surface area contributed by atoms with Gasteiger partial charge in [-0.15, -0.1) is 0 Å². The summed E-state index contributed by atoms with van der Waals surface area (Å²) in [6.45, 7) is 3.48. The molecule has 1 fully saturated rings. The molecule has 1 unspecified atom stereocenters. The van der Waals surface area contributed by atoms with E-state index < -0.39 is 0 Å². The van der Waals surface area contributed by atoms with Gasteiger partial charge in [0.05, 0.1) is 5.92 Å². The van der Waals surface area contributed by atoms with Crippen LogP contribution in [-0.4, -0.2) is 36.3 Å². The molecule has 0 radical (unpaired) electrons. The average molecular weight is 289 g/mol. The van der Waals surface area contributed by atoms with E-state index in [4.69, 9.17) is 5.73 Å². The van der Waals surface area contributed by atoms with E-state index in [1.807, 2.05) is 24.3 Å². The molecule has 2 rings (SSSR count). The Morgan fingerprint density at radius 2 is 2.05 bits per heavy atom. The van der Waals surface area contributed by atoms with Crippen LogP contribution in [0.25, 0.3) is 0 Å². The molecule has 1 aromatic rings. The van der Waals surface area contributed by atoms with Crippen LogP contribution in [-0.2, 0) is 16.0 Å². The molecule has 3 N–H and O–H groups in total. The number of nitrogen functional groups attached to an aromatic ring is 1. The Morgan fingerprint density at radius 3 is 2.71 bits per heavy atom. The molecule has 0 saturated carbocycles. The number of rotatable bonds is 4. The van der Waals surface area contributed by atoms with Crippen molar-refractivity contribution in [2.75, 3.05) is 25.4 Å². The van der Waals surface area contributed by atoms with Crippen molar-refractivity contribution >= 4 is 17.5 Å². The number of amides is 2. The fraction of sp³-hybridized carbons (Fsp3) is 0.500. The van der Waals surface area contributed by atoms with E-state index >= 15 is 0 Å². The van der Waals surface area contributed by atoms with Gasteiger partial charge in [-0.2, -0.15) is 0 Å². The molecule has 21 heavy (non-hydrogen) atoms. The minimum Gasteiger partial charge on any atom is -0.399 e. The van der Waals surface area contributed by atoms with Crippen LogP contribution in [0.4, 0.5) is 5.69 Å². The number of carbonyl (C=O) groups excluding carboxylic acids is 2. The molecule has 0 aliphatic carbocycles. The monoisotopic (exact) mass is 289 g/mol. The third-order valence-corrected chi connectivity index (χ3v) is 3.93. The highest BCUT2D eigenvalue weighted by Gasteiger charge is 2.26. The van der Waals surface area contributed by atoms with Crippen molar-refractivity contribution in [3.05, 3.63) is 29.8 Å². The van der Waals surface area contributed by atoms with Gasteiger partial charge in [-0.25, -0.2) is 0 Å². The standard InChI is InChI=1S/C16H23N3O2/c1-12(20)19-10-2-3-14(11-19)16(21)18-9-8-13-4-6-15(17)7-5-13/h4-7,14H,2-3,8-11,17H2,1H3,(H,18,21). The molecule has 0 spiro atoms. The lowest BCUT2D eigenvalue weighted by Crippen LogP contribution is -2.45. The summed E-state index contributed by atoms with van der Waals surface area (Å²) in [6.07, 6.45) is 2.54. The van der Waals surface area contributed by atoms with Gasteiger partial charge < -0.3 is 16.0 Å². The Labute approximate surface area is 125 Å². The third-order valence-electron chi connectivity index (χ3n) is 3.93. The SMILES string of the molecule is CC(=O)N1CCCC(C(=O)NCCc2ccc(N)cc2)C1. The highest BCUT2D eigenvalue weighted by molar-refractivity contribution is 5.80. The number of nitrogens with two attached hydrogens (primary N) is 1. The zero-order valence-electron chi connectivity index (χ0n) is 12.5. The van der Waals surface area contributed by atoms with Crippen molar-refractivity contribution in [2.24, 2.45) is 5.92 Å². The third kappa shape index (κ3) is 4.48. The molecule has 1 aliphatic rings. The van der Waals surface area contributed by atoms with E-state index in [1.54, 1.807) is 11.8 Å². The fourth-order valence-corrected chi connectivity index (χ4v) is 2.64. The van der Waals surface area contributed by atoms with Gasteiger partial charge in [0.25, 0.3) is 0 Å². The summed E-state index contributed by atoms with van der Waals surface area (Å²) in [6, 6.07) is 7.67. The van der Waals surface area contributed by atoms with Crippen LogP contribution in [0.2, 0.25) is 0 Å². The quantitative estimate of drug-likeness (QED) is 0.817. The molecule has 1 saturated heterocycles. The molecule has 1 aliphatic heterocycles. The Morgan fingerprint density at radius 1 is 1.33 bits per heavy atom. The minimum atomic E-state index is -0.0749. The molecule has 2 amide bonds. The molecular formula is C16H23N3O2. The maximum absolute atomic E-state index is 12.1. The van der Waals surface area contributed by atoms with Gasteiger partial charge in [0.1, 0.15) is 0 Å².